The third-order valence-corrected chi connectivity index (χ3v) is 2.40. The minimum atomic E-state index is -0.162. The maximum atomic E-state index is 8.90. The molecule has 0 aromatic carbocycles. The van der Waals surface area contributed by atoms with Crippen molar-refractivity contribution in [1.29, 1.82) is 0 Å². The van der Waals surface area contributed by atoms with E-state index < -0.39 is 0 Å². The van der Waals surface area contributed by atoms with Crippen LogP contribution in [0.2, 0.25) is 0 Å². The summed E-state index contributed by atoms with van der Waals surface area (Å²) in [6, 6.07) is 0. The fraction of sp³-hybridized carbons (Fsp3) is 0.636. The zero-order chi connectivity index (χ0) is 11.5. The SMILES string of the molecule is Cc1ncc(NC(C)(C)CCO)nc1C. The molecule has 0 bridgehead atoms. The number of aromatic nitrogens is 2. The molecule has 4 heteroatoms. The lowest BCUT2D eigenvalue weighted by Gasteiger charge is -2.26. The van der Waals surface area contributed by atoms with Crippen LogP contribution in [-0.2, 0) is 0 Å². The summed E-state index contributed by atoms with van der Waals surface area (Å²) in [5.41, 5.74) is 1.71. The van der Waals surface area contributed by atoms with E-state index in [1.807, 2.05) is 27.7 Å². The average Bonchev–Trinajstić information content (AvgIpc) is 2.10. The lowest BCUT2D eigenvalue weighted by atomic mass is 10.0. The molecule has 0 aliphatic carbocycles. The van der Waals surface area contributed by atoms with Crippen molar-refractivity contribution in [2.75, 3.05) is 11.9 Å². The van der Waals surface area contributed by atoms with Gasteiger partial charge < -0.3 is 10.4 Å². The third-order valence-electron chi connectivity index (χ3n) is 2.40. The molecule has 1 aromatic heterocycles. The number of anilines is 1. The fourth-order valence-corrected chi connectivity index (χ4v) is 1.29. The Morgan fingerprint density at radius 1 is 1.33 bits per heavy atom. The highest BCUT2D eigenvalue weighted by Gasteiger charge is 2.17. The van der Waals surface area contributed by atoms with Gasteiger partial charge in [-0.3, -0.25) is 4.98 Å². The molecule has 0 spiro atoms. The van der Waals surface area contributed by atoms with Crippen LogP contribution in [-0.4, -0.2) is 27.2 Å². The van der Waals surface area contributed by atoms with Gasteiger partial charge in [0.25, 0.3) is 0 Å². The molecule has 1 rings (SSSR count). The molecule has 0 amide bonds. The van der Waals surface area contributed by atoms with Gasteiger partial charge in [0, 0.05) is 12.1 Å². The van der Waals surface area contributed by atoms with E-state index in [4.69, 9.17) is 5.11 Å². The second kappa shape index (κ2) is 4.57. The van der Waals surface area contributed by atoms with Crippen molar-refractivity contribution >= 4 is 5.82 Å². The Morgan fingerprint density at radius 3 is 2.53 bits per heavy atom. The van der Waals surface area contributed by atoms with Crippen molar-refractivity contribution in [3.05, 3.63) is 17.6 Å². The van der Waals surface area contributed by atoms with Gasteiger partial charge in [0.15, 0.2) is 0 Å². The zero-order valence-corrected chi connectivity index (χ0v) is 9.83. The molecule has 1 aromatic rings. The molecule has 15 heavy (non-hydrogen) atoms. The number of aliphatic hydroxyl groups excluding tert-OH is 1. The summed E-state index contributed by atoms with van der Waals surface area (Å²) in [6.45, 7) is 8.09. The monoisotopic (exact) mass is 209 g/mol. The molecule has 0 aliphatic heterocycles. The van der Waals surface area contributed by atoms with Gasteiger partial charge in [-0.15, -0.1) is 0 Å². The highest BCUT2D eigenvalue weighted by molar-refractivity contribution is 5.36. The van der Waals surface area contributed by atoms with Crippen LogP contribution in [0.25, 0.3) is 0 Å². The molecule has 0 unspecified atom stereocenters. The quantitative estimate of drug-likeness (QED) is 0.792. The van der Waals surface area contributed by atoms with Gasteiger partial charge in [0.2, 0.25) is 0 Å². The number of hydrogen-bond donors (Lipinski definition) is 2. The predicted octanol–water partition coefficient (Wildman–Crippen LogP) is 1.67. The minimum absolute atomic E-state index is 0.162. The van der Waals surface area contributed by atoms with Crippen LogP contribution in [0.1, 0.15) is 31.7 Å². The van der Waals surface area contributed by atoms with E-state index >= 15 is 0 Å². The summed E-state index contributed by atoms with van der Waals surface area (Å²) in [5, 5.41) is 12.2. The Morgan fingerprint density at radius 2 is 2.00 bits per heavy atom. The van der Waals surface area contributed by atoms with Crippen LogP contribution in [0.4, 0.5) is 5.82 Å². The molecule has 84 valence electrons. The Hall–Kier alpha value is -1.16. The van der Waals surface area contributed by atoms with Gasteiger partial charge in [-0.25, -0.2) is 4.98 Å². The fourth-order valence-electron chi connectivity index (χ4n) is 1.29. The first kappa shape index (κ1) is 11.9. The van der Waals surface area contributed by atoms with Crippen molar-refractivity contribution < 1.29 is 5.11 Å². The maximum absolute atomic E-state index is 8.90. The summed E-state index contributed by atoms with van der Waals surface area (Å²) in [6.07, 6.45) is 2.41. The molecule has 0 atom stereocenters. The van der Waals surface area contributed by atoms with Crippen LogP contribution in [0.3, 0.4) is 0 Å². The molecule has 1 heterocycles. The lowest BCUT2D eigenvalue weighted by Crippen LogP contribution is -2.32. The van der Waals surface area contributed by atoms with Gasteiger partial charge in [-0.1, -0.05) is 0 Å². The van der Waals surface area contributed by atoms with Gasteiger partial charge >= 0.3 is 0 Å². The summed E-state index contributed by atoms with van der Waals surface area (Å²) >= 11 is 0. The van der Waals surface area contributed by atoms with E-state index in [0.717, 1.165) is 17.2 Å². The van der Waals surface area contributed by atoms with Crippen LogP contribution >= 0.6 is 0 Å². The summed E-state index contributed by atoms with van der Waals surface area (Å²) in [5.74, 6) is 0.761. The van der Waals surface area contributed by atoms with E-state index in [9.17, 15) is 0 Å². The molecule has 0 fully saturated rings. The molecular weight excluding hydrogens is 190 g/mol. The topological polar surface area (TPSA) is 58.0 Å². The van der Waals surface area contributed by atoms with Crippen LogP contribution in [0, 0.1) is 13.8 Å². The summed E-state index contributed by atoms with van der Waals surface area (Å²) in [4.78, 5) is 8.62. The number of nitrogens with zero attached hydrogens (tertiary/aromatic N) is 2. The van der Waals surface area contributed by atoms with Gasteiger partial charge in [0.05, 0.1) is 17.6 Å². The molecule has 4 nitrogen and oxygen atoms in total. The largest absolute Gasteiger partial charge is 0.396 e. The normalized spacial score (nSPS) is 11.5. The van der Waals surface area contributed by atoms with E-state index in [1.165, 1.54) is 0 Å². The van der Waals surface area contributed by atoms with Crippen molar-refractivity contribution in [3.8, 4) is 0 Å². The van der Waals surface area contributed by atoms with Crippen molar-refractivity contribution in [2.24, 2.45) is 0 Å². The van der Waals surface area contributed by atoms with Gasteiger partial charge in [-0.2, -0.15) is 0 Å². The Balaban J connectivity index is 2.76. The predicted molar refractivity (Wildman–Crippen MR) is 60.9 cm³/mol. The smallest absolute Gasteiger partial charge is 0.145 e. The second-order valence-electron chi connectivity index (χ2n) is 4.41. The third kappa shape index (κ3) is 3.47. The highest BCUT2D eigenvalue weighted by atomic mass is 16.3. The molecule has 0 saturated heterocycles. The number of aliphatic hydroxyl groups is 1. The number of aryl methyl sites for hydroxylation is 2. The minimum Gasteiger partial charge on any atom is -0.396 e. The maximum Gasteiger partial charge on any atom is 0.145 e. The average molecular weight is 209 g/mol. The molecule has 0 aliphatic rings. The lowest BCUT2D eigenvalue weighted by molar-refractivity contribution is 0.260. The Labute approximate surface area is 90.8 Å². The Bertz CT molecular complexity index is 337. The zero-order valence-electron chi connectivity index (χ0n) is 9.83. The second-order valence-corrected chi connectivity index (χ2v) is 4.41. The number of nitrogens with one attached hydrogen (secondary N) is 1. The van der Waals surface area contributed by atoms with Gasteiger partial charge in [0.1, 0.15) is 5.82 Å². The number of rotatable bonds is 4. The van der Waals surface area contributed by atoms with E-state index in [-0.39, 0.29) is 12.1 Å². The Kier molecular flexibility index (Phi) is 3.63. The van der Waals surface area contributed by atoms with Gasteiger partial charge in [-0.05, 0) is 34.1 Å². The molecule has 0 saturated carbocycles. The van der Waals surface area contributed by atoms with E-state index in [1.54, 1.807) is 6.20 Å². The van der Waals surface area contributed by atoms with Crippen LogP contribution in [0.15, 0.2) is 6.20 Å². The first-order valence-corrected chi connectivity index (χ1v) is 5.14. The van der Waals surface area contributed by atoms with Crippen LogP contribution < -0.4 is 5.32 Å². The molecule has 0 radical (unpaired) electrons. The van der Waals surface area contributed by atoms with E-state index in [2.05, 4.69) is 15.3 Å². The number of hydrogen-bond acceptors (Lipinski definition) is 4. The van der Waals surface area contributed by atoms with E-state index in [0.29, 0.717) is 6.42 Å². The van der Waals surface area contributed by atoms with Crippen molar-refractivity contribution in [2.45, 2.75) is 39.7 Å². The summed E-state index contributed by atoms with van der Waals surface area (Å²) in [7, 11) is 0. The molecule has 2 N–H and O–H groups in total. The first-order valence-electron chi connectivity index (χ1n) is 5.14. The first-order chi connectivity index (χ1) is 6.94. The molecular formula is C11H19N3O. The standard InChI is InChI=1S/C11H19N3O/c1-8-9(2)13-10(7-12-8)14-11(3,4)5-6-15/h7,15H,5-6H2,1-4H3,(H,13,14). The summed E-state index contributed by atoms with van der Waals surface area (Å²) < 4.78 is 0. The van der Waals surface area contributed by atoms with Crippen molar-refractivity contribution in [3.63, 3.8) is 0 Å². The van der Waals surface area contributed by atoms with Crippen LogP contribution in [0.5, 0.6) is 0 Å². The highest BCUT2D eigenvalue weighted by Crippen LogP contribution is 2.16. The van der Waals surface area contributed by atoms with Crippen molar-refractivity contribution in [1.82, 2.24) is 9.97 Å².